The Morgan fingerprint density at radius 2 is 2.36 bits per heavy atom. The van der Waals surface area contributed by atoms with Crippen LogP contribution >= 0.6 is 11.3 Å². The van der Waals surface area contributed by atoms with Crippen LogP contribution in [0.2, 0.25) is 0 Å². The quantitative estimate of drug-likeness (QED) is 0.826. The molecule has 0 unspecified atom stereocenters. The molecule has 0 aromatic carbocycles. The van der Waals surface area contributed by atoms with Crippen LogP contribution < -0.4 is 5.32 Å². The minimum Gasteiger partial charge on any atom is -0.308 e. The van der Waals surface area contributed by atoms with Gasteiger partial charge in [0, 0.05) is 18.0 Å². The normalized spacial score (nSPS) is 17.4. The van der Waals surface area contributed by atoms with Crippen molar-refractivity contribution in [1.82, 2.24) is 10.3 Å². The standard InChI is InChI=1S/C11H18N2S/c1-8(2)10-7-14-11(13-10)6-12-9-4-3-5-9/h7-9,12H,3-6H2,1-2H3. The van der Waals surface area contributed by atoms with Gasteiger partial charge in [0.25, 0.3) is 0 Å². The second kappa shape index (κ2) is 4.41. The molecule has 1 heterocycles. The summed E-state index contributed by atoms with van der Waals surface area (Å²) < 4.78 is 0. The summed E-state index contributed by atoms with van der Waals surface area (Å²) in [6.07, 6.45) is 4.09. The van der Waals surface area contributed by atoms with E-state index in [1.54, 1.807) is 11.3 Å². The Morgan fingerprint density at radius 1 is 1.57 bits per heavy atom. The Morgan fingerprint density at radius 3 is 2.86 bits per heavy atom. The summed E-state index contributed by atoms with van der Waals surface area (Å²) in [6.45, 7) is 5.35. The molecule has 3 heteroatoms. The van der Waals surface area contributed by atoms with E-state index in [2.05, 4.69) is 29.5 Å². The van der Waals surface area contributed by atoms with Crippen LogP contribution in [0, 0.1) is 0 Å². The highest BCUT2D eigenvalue weighted by Crippen LogP contribution is 2.20. The van der Waals surface area contributed by atoms with Crippen molar-refractivity contribution in [2.45, 2.75) is 51.6 Å². The molecule has 0 amide bonds. The van der Waals surface area contributed by atoms with Gasteiger partial charge in [0.2, 0.25) is 0 Å². The van der Waals surface area contributed by atoms with Crippen LogP contribution in [0.25, 0.3) is 0 Å². The van der Waals surface area contributed by atoms with Crippen molar-refractivity contribution < 1.29 is 0 Å². The first-order valence-corrected chi connectivity index (χ1v) is 6.31. The number of thiazole rings is 1. The van der Waals surface area contributed by atoms with Gasteiger partial charge in [0.15, 0.2) is 0 Å². The predicted octanol–water partition coefficient (Wildman–Crippen LogP) is 2.91. The lowest BCUT2D eigenvalue weighted by molar-refractivity contribution is 0.338. The molecule has 1 saturated carbocycles. The summed E-state index contributed by atoms with van der Waals surface area (Å²) in [6, 6.07) is 0.765. The molecule has 1 fully saturated rings. The number of hydrogen-bond donors (Lipinski definition) is 1. The van der Waals surface area contributed by atoms with E-state index in [0.29, 0.717) is 5.92 Å². The fourth-order valence-corrected chi connectivity index (χ4v) is 2.42. The Kier molecular flexibility index (Phi) is 3.19. The van der Waals surface area contributed by atoms with Crippen LogP contribution in [0.4, 0.5) is 0 Å². The van der Waals surface area contributed by atoms with E-state index >= 15 is 0 Å². The smallest absolute Gasteiger partial charge is 0.107 e. The van der Waals surface area contributed by atoms with Crippen molar-refractivity contribution in [3.63, 3.8) is 0 Å². The second-order valence-corrected chi connectivity index (χ2v) is 5.27. The Balaban J connectivity index is 1.83. The van der Waals surface area contributed by atoms with E-state index in [0.717, 1.165) is 12.6 Å². The molecular weight excluding hydrogens is 192 g/mol. The lowest BCUT2D eigenvalue weighted by atomic mass is 9.93. The lowest BCUT2D eigenvalue weighted by Crippen LogP contribution is -2.34. The molecule has 0 radical (unpaired) electrons. The first-order valence-electron chi connectivity index (χ1n) is 5.43. The molecule has 1 aliphatic carbocycles. The van der Waals surface area contributed by atoms with Crippen LogP contribution in [-0.2, 0) is 6.54 Å². The molecule has 78 valence electrons. The van der Waals surface area contributed by atoms with Gasteiger partial charge in [-0.2, -0.15) is 0 Å². The summed E-state index contributed by atoms with van der Waals surface area (Å²) in [5.41, 5.74) is 1.24. The molecule has 1 aromatic rings. The fourth-order valence-electron chi connectivity index (χ4n) is 1.52. The largest absolute Gasteiger partial charge is 0.308 e. The topological polar surface area (TPSA) is 24.9 Å². The molecule has 14 heavy (non-hydrogen) atoms. The molecule has 0 aliphatic heterocycles. The van der Waals surface area contributed by atoms with Crippen molar-refractivity contribution in [2.75, 3.05) is 0 Å². The number of hydrogen-bond acceptors (Lipinski definition) is 3. The lowest BCUT2D eigenvalue weighted by Gasteiger charge is -2.25. The number of nitrogens with one attached hydrogen (secondary N) is 1. The van der Waals surface area contributed by atoms with Gasteiger partial charge < -0.3 is 5.32 Å². The van der Waals surface area contributed by atoms with Gasteiger partial charge in [0.05, 0.1) is 5.69 Å². The van der Waals surface area contributed by atoms with Gasteiger partial charge in [-0.3, -0.25) is 0 Å². The fraction of sp³-hybridized carbons (Fsp3) is 0.727. The minimum atomic E-state index is 0.559. The second-order valence-electron chi connectivity index (χ2n) is 4.33. The first kappa shape index (κ1) is 10.1. The van der Waals surface area contributed by atoms with Gasteiger partial charge in [0.1, 0.15) is 5.01 Å². The van der Waals surface area contributed by atoms with E-state index < -0.39 is 0 Å². The zero-order chi connectivity index (χ0) is 9.97. The summed E-state index contributed by atoms with van der Waals surface area (Å²) >= 11 is 1.78. The van der Waals surface area contributed by atoms with Crippen molar-refractivity contribution in [1.29, 1.82) is 0 Å². The maximum Gasteiger partial charge on any atom is 0.107 e. The zero-order valence-corrected chi connectivity index (χ0v) is 9.73. The van der Waals surface area contributed by atoms with Crippen molar-refractivity contribution in [3.05, 3.63) is 16.1 Å². The summed E-state index contributed by atoms with van der Waals surface area (Å²) in [7, 11) is 0. The molecule has 2 rings (SSSR count). The third kappa shape index (κ3) is 2.34. The Hall–Kier alpha value is -0.410. The number of aromatic nitrogens is 1. The van der Waals surface area contributed by atoms with Gasteiger partial charge >= 0.3 is 0 Å². The molecule has 1 aromatic heterocycles. The predicted molar refractivity (Wildman–Crippen MR) is 60.7 cm³/mol. The number of rotatable bonds is 4. The average Bonchev–Trinajstić information content (AvgIpc) is 2.50. The molecule has 0 bridgehead atoms. The zero-order valence-electron chi connectivity index (χ0n) is 8.92. The monoisotopic (exact) mass is 210 g/mol. The first-order chi connectivity index (χ1) is 6.75. The van der Waals surface area contributed by atoms with E-state index in [1.807, 2.05) is 0 Å². The van der Waals surface area contributed by atoms with E-state index in [-0.39, 0.29) is 0 Å². The van der Waals surface area contributed by atoms with Gasteiger partial charge in [-0.15, -0.1) is 11.3 Å². The maximum atomic E-state index is 4.60. The van der Waals surface area contributed by atoms with Gasteiger partial charge in [-0.05, 0) is 18.8 Å². The highest BCUT2D eigenvalue weighted by molar-refractivity contribution is 7.09. The van der Waals surface area contributed by atoms with Crippen LogP contribution in [-0.4, -0.2) is 11.0 Å². The minimum absolute atomic E-state index is 0.559. The van der Waals surface area contributed by atoms with E-state index in [9.17, 15) is 0 Å². The van der Waals surface area contributed by atoms with Gasteiger partial charge in [-0.1, -0.05) is 20.3 Å². The third-order valence-electron chi connectivity index (χ3n) is 2.81. The summed E-state index contributed by atoms with van der Waals surface area (Å²) in [4.78, 5) is 4.60. The molecule has 1 N–H and O–H groups in total. The van der Waals surface area contributed by atoms with Crippen LogP contribution in [0.15, 0.2) is 5.38 Å². The molecule has 0 atom stereocenters. The summed E-state index contributed by atoms with van der Waals surface area (Å²) in [5.74, 6) is 0.559. The molecule has 0 saturated heterocycles. The highest BCUT2D eigenvalue weighted by atomic mass is 32.1. The third-order valence-corrected chi connectivity index (χ3v) is 3.68. The average molecular weight is 210 g/mol. The maximum absolute atomic E-state index is 4.60. The molecule has 1 aliphatic rings. The summed E-state index contributed by atoms with van der Waals surface area (Å²) in [5, 5.41) is 6.96. The van der Waals surface area contributed by atoms with E-state index in [1.165, 1.54) is 30.0 Å². The molecular formula is C11H18N2S. The Bertz CT molecular complexity index is 289. The highest BCUT2D eigenvalue weighted by Gasteiger charge is 2.16. The van der Waals surface area contributed by atoms with Crippen molar-refractivity contribution >= 4 is 11.3 Å². The van der Waals surface area contributed by atoms with Crippen molar-refractivity contribution in [2.24, 2.45) is 0 Å². The molecule has 0 spiro atoms. The Labute approximate surface area is 89.8 Å². The number of nitrogens with zero attached hydrogens (tertiary/aromatic N) is 1. The van der Waals surface area contributed by atoms with Crippen LogP contribution in [0.5, 0.6) is 0 Å². The van der Waals surface area contributed by atoms with Crippen LogP contribution in [0.1, 0.15) is 49.7 Å². The van der Waals surface area contributed by atoms with Gasteiger partial charge in [-0.25, -0.2) is 4.98 Å². The van der Waals surface area contributed by atoms with E-state index in [4.69, 9.17) is 0 Å². The SMILES string of the molecule is CC(C)c1csc(CNC2CCC2)n1. The van der Waals surface area contributed by atoms with Crippen molar-refractivity contribution in [3.8, 4) is 0 Å². The molecule has 2 nitrogen and oxygen atoms in total. The van der Waals surface area contributed by atoms with Crippen LogP contribution in [0.3, 0.4) is 0 Å².